The van der Waals surface area contributed by atoms with E-state index < -0.39 is 5.97 Å². The largest absolute Gasteiger partial charge is 0.462 e. The Kier molecular flexibility index (Phi) is 4.31. The lowest BCUT2D eigenvalue weighted by Crippen LogP contribution is -2.42. The quantitative estimate of drug-likeness (QED) is 0.543. The lowest BCUT2D eigenvalue weighted by molar-refractivity contribution is -0.142. The Morgan fingerprint density at radius 1 is 1.47 bits per heavy atom. The molecule has 0 fully saturated rings. The first-order valence-electron chi connectivity index (χ1n) is 5.65. The Morgan fingerprint density at radius 2 is 2.12 bits per heavy atom. The standard InChI is InChI=1S/C12H18N2O3/c1-5-7-14-8-10(12(16)17-6-2)11(15)13(4)9(14)3/h8H,3,5-7H2,1-2,4H3. The highest BCUT2D eigenvalue weighted by atomic mass is 16.5. The molecule has 0 aromatic heterocycles. The molecule has 0 aliphatic carbocycles. The summed E-state index contributed by atoms with van der Waals surface area (Å²) in [5, 5.41) is 0. The molecule has 5 nitrogen and oxygen atoms in total. The van der Waals surface area contributed by atoms with Crippen LogP contribution < -0.4 is 0 Å². The van der Waals surface area contributed by atoms with Gasteiger partial charge in [0, 0.05) is 19.8 Å². The zero-order chi connectivity index (χ0) is 13.0. The van der Waals surface area contributed by atoms with E-state index in [2.05, 4.69) is 6.58 Å². The molecule has 1 heterocycles. The van der Waals surface area contributed by atoms with Gasteiger partial charge in [0.1, 0.15) is 11.4 Å². The van der Waals surface area contributed by atoms with Crippen LogP contribution in [-0.4, -0.2) is 41.9 Å². The van der Waals surface area contributed by atoms with E-state index in [-0.39, 0.29) is 18.1 Å². The molecule has 1 rings (SSSR count). The van der Waals surface area contributed by atoms with Crippen LogP contribution in [0.3, 0.4) is 0 Å². The third kappa shape index (κ3) is 2.67. The summed E-state index contributed by atoms with van der Waals surface area (Å²) >= 11 is 0. The van der Waals surface area contributed by atoms with Crippen LogP contribution in [0.1, 0.15) is 20.3 Å². The predicted molar refractivity (Wildman–Crippen MR) is 63.6 cm³/mol. The van der Waals surface area contributed by atoms with Crippen molar-refractivity contribution in [1.82, 2.24) is 9.80 Å². The van der Waals surface area contributed by atoms with Crippen LogP contribution in [0.4, 0.5) is 0 Å². The van der Waals surface area contributed by atoms with Gasteiger partial charge in [0.2, 0.25) is 0 Å². The Morgan fingerprint density at radius 3 is 2.65 bits per heavy atom. The fourth-order valence-corrected chi connectivity index (χ4v) is 1.56. The Labute approximate surface area is 101 Å². The molecule has 1 aliphatic heterocycles. The summed E-state index contributed by atoms with van der Waals surface area (Å²) in [6, 6.07) is 0. The minimum Gasteiger partial charge on any atom is -0.462 e. The van der Waals surface area contributed by atoms with Crippen molar-refractivity contribution in [2.24, 2.45) is 0 Å². The number of ether oxygens (including phenoxy) is 1. The van der Waals surface area contributed by atoms with Crippen LogP contribution in [0, 0.1) is 0 Å². The molecule has 0 aromatic carbocycles. The van der Waals surface area contributed by atoms with Crippen LogP contribution in [-0.2, 0) is 14.3 Å². The Balaban J connectivity index is 3.00. The summed E-state index contributed by atoms with van der Waals surface area (Å²) in [5.41, 5.74) is 0.0511. The van der Waals surface area contributed by atoms with Crippen molar-refractivity contribution in [3.8, 4) is 0 Å². The fraction of sp³-hybridized carbons (Fsp3) is 0.500. The molecule has 94 valence electrons. The van der Waals surface area contributed by atoms with Crippen molar-refractivity contribution >= 4 is 11.9 Å². The van der Waals surface area contributed by atoms with E-state index in [0.29, 0.717) is 12.4 Å². The van der Waals surface area contributed by atoms with Gasteiger partial charge < -0.3 is 9.64 Å². The molecule has 0 unspecified atom stereocenters. The zero-order valence-corrected chi connectivity index (χ0v) is 10.5. The van der Waals surface area contributed by atoms with Gasteiger partial charge in [-0.3, -0.25) is 9.69 Å². The van der Waals surface area contributed by atoms with Crippen molar-refractivity contribution in [3.63, 3.8) is 0 Å². The molecule has 0 saturated heterocycles. The number of amides is 1. The van der Waals surface area contributed by atoms with Crippen molar-refractivity contribution < 1.29 is 14.3 Å². The molecule has 0 bridgehead atoms. The van der Waals surface area contributed by atoms with Crippen LogP contribution >= 0.6 is 0 Å². The minimum atomic E-state index is -0.585. The number of carbonyl (C=O) groups is 2. The topological polar surface area (TPSA) is 49.9 Å². The zero-order valence-electron chi connectivity index (χ0n) is 10.5. The first kappa shape index (κ1) is 13.3. The van der Waals surface area contributed by atoms with Gasteiger partial charge >= 0.3 is 5.97 Å². The van der Waals surface area contributed by atoms with E-state index in [0.717, 1.165) is 6.42 Å². The van der Waals surface area contributed by atoms with Crippen LogP contribution in [0.5, 0.6) is 0 Å². The lowest BCUT2D eigenvalue weighted by Gasteiger charge is -2.33. The monoisotopic (exact) mass is 238 g/mol. The third-order valence-electron chi connectivity index (χ3n) is 2.50. The molecule has 0 aromatic rings. The van der Waals surface area contributed by atoms with Crippen molar-refractivity contribution in [3.05, 3.63) is 24.2 Å². The maximum Gasteiger partial charge on any atom is 0.345 e. The normalized spacial score (nSPS) is 16.1. The summed E-state index contributed by atoms with van der Waals surface area (Å²) in [7, 11) is 1.60. The molecule has 0 atom stereocenters. The Bertz CT molecular complexity index is 374. The number of nitrogens with zero attached hydrogens (tertiary/aromatic N) is 2. The molecule has 0 spiro atoms. The summed E-state index contributed by atoms with van der Waals surface area (Å²) in [6.07, 6.45) is 2.42. The second kappa shape index (κ2) is 5.52. The summed E-state index contributed by atoms with van der Waals surface area (Å²) in [5.74, 6) is -0.386. The number of hydrogen-bond donors (Lipinski definition) is 0. The van der Waals surface area contributed by atoms with Gasteiger partial charge in [-0.15, -0.1) is 0 Å². The number of rotatable bonds is 4. The van der Waals surface area contributed by atoms with Crippen molar-refractivity contribution in [2.75, 3.05) is 20.2 Å². The predicted octanol–water partition coefficient (Wildman–Crippen LogP) is 1.09. The third-order valence-corrected chi connectivity index (χ3v) is 2.50. The van der Waals surface area contributed by atoms with Gasteiger partial charge in [-0.25, -0.2) is 4.79 Å². The van der Waals surface area contributed by atoms with Crippen molar-refractivity contribution in [2.45, 2.75) is 20.3 Å². The van der Waals surface area contributed by atoms with E-state index in [1.165, 1.54) is 11.1 Å². The van der Waals surface area contributed by atoms with Crippen LogP contribution in [0.25, 0.3) is 0 Å². The number of carbonyl (C=O) groups excluding carboxylic acids is 2. The molecule has 1 aliphatic rings. The van der Waals surface area contributed by atoms with Gasteiger partial charge in [0.15, 0.2) is 0 Å². The van der Waals surface area contributed by atoms with Gasteiger partial charge in [0.25, 0.3) is 5.91 Å². The minimum absolute atomic E-state index is 0.0511. The summed E-state index contributed by atoms with van der Waals surface area (Å²) < 4.78 is 4.85. The van der Waals surface area contributed by atoms with Gasteiger partial charge in [0.05, 0.1) is 6.61 Å². The van der Waals surface area contributed by atoms with Gasteiger partial charge in [-0.1, -0.05) is 13.5 Å². The fourth-order valence-electron chi connectivity index (χ4n) is 1.56. The number of hydrogen-bond acceptors (Lipinski definition) is 4. The summed E-state index contributed by atoms with van der Waals surface area (Å²) in [4.78, 5) is 26.6. The van der Waals surface area contributed by atoms with E-state index >= 15 is 0 Å². The number of likely N-dealkylation sites (N-methyl/N-ethyl adjacent to an activating group) is 1. The second-order valence-electron chi connectivity index (χ2n) is 3.74. The lowest BCUT2D eigenvalue weighted by atomic mass is 10.2. The van der Waals surface area contributed by atoms with Crippen LogP contribution in [0.15, 0.2) is 24.2 Å². The van der Waals surface area contributed by atoms with E-state index in [1.807, 2.05) is 6.92 Å². The van der Waals surface area contributed by atoms with Crippen molar-refractivity contribution in [1.29, 1.82) is 0 Å². The first-order chi connectivity index (χ1) is 8.02. The second-order valence-corrected chi connectivity index (χ2v) is 3.74. The highest BCUT2D eigenvalue weighted by Gasteiger charge is 2.31. The van der Waals surface area contributed by atoms with Crippen LogP contribution in [0.2, 0.25) is 0 Å². The molecule has 0 N–H and O–H groups in total. The van der Waals surface area contributed by atoms with Gasteiger partial charge in [-0.2, -0.15) is 0 Å². The smallest absolute Gasteiger partial charge is 0.345 e. The Hall–Kier alpha value is -1.78. The average molecular weight is 238 g/mol. The summed E-state index contributed by atoms with van der Waals surface area (Å²) in [6.45, 7) is 8.50. The van der Waals surface area contributed by atoms with E-state index in [1.54, 1.807) is 18.9 Å². The van der Waals surface area contributed by atoms with Gasteiger partial charge in [-0.05, 0) is 13.3 Å². The highest BCUT2D eigenvalue weighted by molar-refractivity contribution is 6.17. The number of esters is 1. The molecule has 5 heteroatoms. The molecule has 0 radical (unpaired) electrons. The molecular formula is C12H18N2O3. The van der Waals surface area contributed by atoms with E-state index in [9.17, 15) is 9.59 Å². The molecule has 17 heavy (non-hydrogen) atoms. The maximum atomic E-state index is 11.9. The highest BCUT2D eigenvalue weighted by Crippen LogP contribution is 2.20. The SMILES string of the molecule is C=C1N(CCC)C=C(C(=O)OCC)C(=O)N1C. The molecule has 0 saturated carbocycles. The maximum absolute atomic E-state index is 11.9. The molecular weight excluding hydrogens is 220 g/mol. The molecule has 1 amide bonds. The first-order valence-corrected chi connectivity index (χ1v) is 5.65. The van der Waals surface area contributed by atoms with E-state index in [4.69, 9.17) is 4.74 Å². The average Bonchev–Trinajstić information content (AvgIpc) is 2.30.